The van der Waals surface area contributed by atoms with Gasteiger partial charge in [0.2, 0.25) is 0 Å². The third kappa shape index (κ3) is 4.58. The Morgan fingerprint density at radius 2 is 1.95 bits per heavy atom. The van der Waals surface area contributed by atoms with Gasteiger partial charge >= 0.3 is 0 Å². The van der Waals surface area contributed by atoms with Crippen molar-refractivity contribution in [3.63, 3.8) is 0 Å². The largest absolute Gasteiger partial charge is 0.329 e. The van der Waals surface area contributed by atoms with Gasteiger partial charge in [-0.3, -0.25) is 4.90 Å². The molecule has 0 unspecified atom stereocenters. The fourth-order valence-corrected chi connectivity index (χ4v) is 3.76. The lowest BCUT2D eigenvalue weighted by Crippen LogP contribution is -2.28. The summed E-state index contributed by atoms with van der Waals surface area (Å²) in [4.78, 5) is 3.59. The van der Waals surface area contributed by atoms with Crippen molar-refractivity contribution in [1.29, 1.82) is 0 Å². The van der Waals surface area contributed by atoms with E-state index in [4.69, 9.17) is 17.3 Å². The normalized spacial score (nSPS) is 11.2. The maximum Gasteiger partial charge on any atom is 0.107 e. The maximum absolute atomic E-state index is 6.08. The Hall–Kier alpha value is -0.390. The molecule has 2 rings (SSSR count). The quantitative estimate of drug-likeness (QED) is 0.840. The molecule has 5 heteroatoms. The van der Waals surface area contributed by atoms with Crippen molar-refractivity contribution in [2.24, 2.45) is 5.73 Å². The van der Waals surface area contributed by atoms with Crippen LogP contribution in [0.25, 0.3) is 0 Å². The highest BCUT2D eigenvalue weighted by Gasteiger charge is 2.10. The molecule has 0 aliphatic heterocycles. The molecule has 0 aliphatic rings. The van der Waals surface area contributed by atoms with E-state index >= 15 is 0 Å². The number of rotatable bonds is 6. The molecule has 2 aromatic rings. The lowest BCUT2D eigenvalue weighted by molar-refractivity contribution is 0.267. The molecular weight excluding hydrogens is 344 g/mol. The molecule has 1 heterocycles. The van der Waals surface area contributed by atoms with Crippen LogP contribution in [0.2, 0.25) is 4.34 Å². The van der Waals surface area contributed by atoms with Crippen LogP contribution in [0.15, 0.2) is 40.9 Å². The summed E-state index contributed by atoms with van der Waals surface area (Å²) in [5.41, 5.74) is 7.00. The summed E-state index contributed by atoms with van der Waals surface area (Å²) in [7, 11) is 0. The summed E-state index contributed by atoms with van der Waals surface area (Å²) >= 11 is 11.1. The average Bonchev–Trinajstić information content (AvgIpc) is 2.70. The number of hydrogen-bond donors (Lipinski definition) is 1. The first-order chi connectivity index (χ1) is 9.19. The van der Waals surface area contributed by atoms with Crippen molar-refractivity contribution < 1.29 is 0 Å². The molecule has 1 aromatic carbocycles. The topological polar surface area (TPSA) is 29.3 Å². The van der Waals surface area contributed by atoms with E-state index in [0.29, 0.717) is 6.54 Å². The summed E-state index contributed by atoms with van der Waals surface area (Å²) in [6.45, 7) is 3.32. The van der Waals surface area contributed by atoms with E-state index in [9.17, 15) is 0 Å². The summed E-state index contributed by atoms with van der Waals surface area (Å²) in [6, 6.07) is 12.5. The number of nitrogens with zero attached hydrogens (tertiary/aromatic N) is 1. The fraction of sp³-hybridized carbons (Fsp3) is 0.286. The summed E-state index contributed by atoms with van der Waals surface area (Å²) < 4.78 is 1.78. The van der Waals surface area contributed by atoms with Crippen LogP contribution < -0.4 is 5.73 Å². The van der Waals surface area contributed by atoms with Gasteiger partial charge in [-0.1, -0.05) is 41.9 Å². The van der Waals surface area contributed by atoms with Gasteiger partial charge in [0.15, 0.2) is 0 Å². The molecule has 0 atom stereocenters. The van der Waals surface area contributed by atoms with Crippen molar-refractivity contribution in [1.82, 2.24) is 4.90 Å². The Bertz CT molecular complexity index is 496. The Labute approximate surface area is 131 Å². The number of hydrogen-bond acceptors (Lipinski definition) is 3. The smallest absolute Gasteiger partial charge is 0.107 e. The van der Waals surface area contributed by atoms with E-state index < -0.39 is 0 Å². The molecule has 19 heavy (non-hydrogen) atoms. The molecule has 0 saturated heterocycles. The molecule has 0 spiro atoms. The van der Waals surface area contributed by atoms with Crippen LogP contribution in [0, 0.1) is 0 Å². The first kappa shape index (κ1) is 15.0. The Morgan fingerprint density at radius 1 is 1.21 bits per heavy atom. The van der Waals surface area contributed by atoms with Crippen molar-refractivity contribution >= 4 is 38.9 Å². The number of halogens is 2. The SMILES string of the molecule is NCCN(Cc1ccccc1)Cc1cc(Br)c(Cl)s1. The van der Waals surface area contributed by atoms with Gasteiger partial charge < -0.3 is 5.73 Å². The molecule has 0 radical (unpaired) electrons. The number of thiophene rings is 1. The Balaban J connectivity index is 2.03. The van der Waals surface area contributed by atoms with E-state index in [1.165, 1.54) is 10.4 Å². The minimum atomic E-state index is 0.660. The van der Waals surface area contributed by atoms with Crippen molar-refractivity contribution in [2.45, 2.75) is 13.1 Å². The summed E-state index contributed by atoms with van der Waals surface area (Å²) in [5.74, 6) is 0. The van der Waals surface area contributed by atoms with Crippen molar-refractivity contribution in [3.05, 3.63) is 55.6 Å². The minimum absolute atomic E-state index is 0.660. The first-order valence-electron chi connectivity index (χ1n) is 6.09. The molecule has 0 aliphatic carbocycles. The zero-order chi connectivity index (χ0) is 13.7. The van der Waals surface area contributed by atoms with Crippen LogP contribution >= 0.6 is 38.9 Å². The molecular formula is C14H16BrClN2S. The van der Waals surface area contributed by atoms with E-state index in [2.05, 4.69) is 51.2 Å². The van der Waals surface area contributed by atoms with Gasteiger partial charge in [-0.05, 0) is 27.6 Å². The zero-order valence-corrected chi connectivity index (χ0v) is 13.6. The lowest BCUT2D eigenvalue weighted by atomic mass is 10.2. The van der Waals surface area contributed by atoms with Crippen LogP contribution in [-0.4, -0.2) is 18.0 Å². The molecule has 0 fully saturated rings. The molecule has 1 aromatic heterocycles. The van der Waals surface area contributed by atoms with Gasteiger partial charge in [-0.15, -0.1) is 11.3 Å². The summed E-state index contributed by atoms with van der Waals surface area (Å²) in [6.07, 6.45) is 0. The third-order valence-corrected chi connectivity index (χ3v) is 5.23. The van der Waals surface area contributed by atoms with Crippen LogP contribution in [0.5, 0.6) is 0 Å². The van der Waals surface area contributed by atoms with Crippen LogP contribution in [0.4, 0.5) is 0 Å². The second-order valence-electron chi connectivity index (χ2n) is 4.32. The van der Waals surface area contributed by atoms with Crippen molar-refractivity contribution in [3.8, 4) is 0 Å². The van der Waals surface area contributed by atoms with E-state index in [1.54, 1.807) is 11.3 Å². The minimum Gasteiger partial charge on any atom is -0.329 e. The highest BCUT2D eigenvalue weighted by atomic mass is 79.9. The number of benzene rings is 1. The molecule has 2 nitrogen and oxygen atoms in total. The average molecular weight is 360 g/mol. The maximum atomic E-state index is 6.08. The van der Waals surface area contributed by atoms with E-state index in [-0.39, 0.29) is 0 Å². The molecule has 0 amide bonds. The first-order valence-corrected chi connectivity index (χ1v) is 8.08. The molecule has 0 saturated carbocycles. The van der Waals surface area contributed by atoms with Gasteiger partial charge in [0.25, 0.3) is 0 Å². The van der Waals surface area contributed by atoms with E-state index in [0.717, 1.165) is 28.4 Å². The predicted octanol–water partition coefficient (Wildman–Crippen LogP) is 4.12. The van der Waals surface area contributed by atoms with E-state index in [1.807, 2.05) is 6.07 Å². The highest BCUT2D eigenvalue weighted by Crippen LogP contribution is 2.32. The second-order valence-corrected chi connectivity index (χ2v) is 6.91. The van der Waals surface area contributed by atoms with Gasteiger partial charge in [-0.2, -0.15) is 0 Å². The number of nitrogens with two attached hydrogens (primary N) is 1. The molecule has 2 N–H and O–H groups in total. The van der Waals surface area contributed by atoms with Gasteiger partial charge in [0.05, 0.1) is 0 Å². The predicted molar refractivity (Wildman–Crippen MR) is 86.6 cm³/mol. The van der Waals surface area contributed by atoms with Gasteiger partial charge in [0, 0.05) is 35.5 Å². The zero-order valence-electron chi connectivity index (χ0n) is 10.5. The standard InChI is InChI=1S/C14H16BrClN2S/c15-13-8-12(19-14(13)16)10-18(7-6-17)9-11-4-2-1-3-5-11/h1-5,8H,6-7,9-10,17H2. The van der Waals surface area contributed by atoms with Crippen molar-refractivity contribution in [2.75, 3.05) is 13.1 Å². The van der Waals surface area contributed by atoms with Gasteiger partial charge in [0.1, 0.15) is 4.34 Å². The Morgan fingerprint density at radius 3 is 2.53 bits per heavy atom. The van der Waals surface area contributed by atoms with Gasteiger partial charge in [-0.25, -0.2) is 0 Å². The second kappa shape index (κ2) is 7.41. The highest BCUT2D eigenvalue weighted by molar-refractivity contribution is 9.10. The third-order valence-electron chi connectivity index (χ3n) is 2.77. The fourth-order valence-electron chi connectivity index (χ4n) is 1.93. The molecule has 102 valence electrons. The van der Waals surface area contributed by atoms with Crippen LogP contribution in [-0.2, 0) is 13.1 Å². The monoisotopic (exact) mass is 358 g/mol. The van der Waals surface area contributed by atoms with Crippen LogP contribution in [0.1, 0.15) is 10.4 Å². The molecule has 0 bridgehead atoms. The lowest BCUT2D eigenvalue weighted by Gasteiger charge is -2.20. The summed E-state index contributed by atoms with van der Waals surface area (Å²) in [5, 5.41) is 0. The van der Waals surface area contributed by atoms with Crippen LogP contribution in [0.3, 0.4) is 0 Å². The Kier molecular flexibility index (Phi) is 5.85.